The number of aliphatic imine (C=N–C) groups is 1. The fraction of sp³-hybridized carbons (Fsp3) is 0.421. The summed E-state index contributed by atoms with van der Waals surface area (Å²) in [5, 5.41) is 13.0. The molecule has 1 amide bonds. The maximum absolute atomic E-state index is 11.6. The third-order valence-corrected chi connectivity index (χ3v) is 3.36. The topological polar surface area (TPSA) is 101 Å². The lowest BCUT2D eigenvalue weighted by molar-refractivity contribution is 0.0529. The normalized spacial score (nSPS) is 11.4. The zero-order valence-electron chi connectivity index (χ0n) is 16.6. The van der Waals surface area contributed by atoms with Crippen LogP contribution >= 0.6 is 24.0 Å². The van der Waals surface area contributed by atoms with Gasteiger partial charge < -0.3 is 25.2 Å². The molecule has 0 bridgehead atoms. The number of rotatable bonds is 6. The van der Waals surface area contributed by atoms with E-state index in [0.717, 1.165) is 17.0 Å². The van der Waals surface area contributed by atoms with Crippen LogP contribution in [0.3, 0.4) is 0 Å². The van der Waals surface area contributed by atoms with Gasteiger partial charge in [-0.25, -0.2) is 4.79 Å². The van der Waals surface area contributed by atoms with Gasteiger partial charge in [0, 0.05) is 31.8 Å². The highest BCUT2D eigenvalue weighted by Crippen LogP contribution is 2.19. The Morgan fingerprint density at radius 3 is 2.46 bits per heavy atom. The average molecular weight is 501 g/mol. The highest BCUT2D eigenvalue weighted by molar-refractivity contribution is 14.0. The van der Waals surface area contributed by atoms with Crippen molar-refractivity contribution in [1.82, 2.24) is 21.1 Å². The van der Waals surface area contributed by atoms with Gasteiger partial charge in [-0.3, -0.25) is 4.99 Å². The van der Waals surface area contributed by atoms with Crippen LogP contribution < -0.4 is 16.0 Å². The fourth-order valence-corrected chi connectivity index (χ4v) is 2.19. The molecule has 28 heavy (non-hydrogen) atoms. The molecule has 2 aromatic rings. The molecule has 1 aromatic carbocycles. The van der Waals surface area contributed by atoms with Gasteiger partial charge in [0.1, 0.15) is 11.3 Å². The van der Waals surface area contributed by atoms with E-state index >= 15 is 0 Å². The molecule has 1 heterocycles. The second kappa shape index (κ2) is 11.5. The molecule has 0 saturated carbocycles. The number of nitrogens with one attached hydrogen (secondary N) is 3. The van der Waals surface area contributed by atoms with Gasteiger partial charge in [0.25, 0.3) is 0 Å². The zero-order chi connectivity index (χ0) is 19.7. The fourth-order valence-electron chi connectivity index (χ4n) is 2.19. The highest BCUT2D eigenvalue weighted by Gasteiger charge is 2.15. The third-order valence-electron chi connectivity index (χ3n) is 3.36. The Balaban J connectivity index is 0.00000392. The molecule has 2 rings (SSSR count). The van der Waals surface area contributed by atoms with Crippen molar-refractivity contribution in [2.24, 2.45) is 4.99 Å². The van der Waals surface area contributed by atoms with Crippen LogP contribution in [0.5, 0.6) is 0 Å². The van der Waals surface area contributed by atoms with Crippen molar-refractivity contribution in [3.05, 3.63) is 42.1 Å². The van der Waals surface area contributed by atoms with E-state index in [2.05, 4.69) is 26.1 Å². The van der Waals surface area contributed by atoms with E-state index in [-0.39, 0.29) is 24.0 Å². The minimum absolute atomic E-state index is 0. The summed E-state index contributed by atoms with van der Waals surface area (Å²) < 4.78 is 10.5. The first-order valence-corrected chi connectivity index (χ1v) is 8.80. The lowest BCUT2D eigenvalue weighted by Gasteiger charge is -2.19. The van der Waals surface area contributed by atoms with Gasteiger partial charge in [-0.2, -0.15) is 0 Å². The smallest absolute Gasteiger partial charge is 0.407 e. The Labute approximate surface area is 182 Å². The monoisotopic (exact) mass is 501 g/mol. The maximum atomic E-state index is 11.6. The molecule has 0 spiro atoms. The lowest BCUT2D eigenvalue weighted by atomic mass is 10.2. The minimum atomic E-state index is -0.509. The minimum Gasteiger partial charge on any atom is -0.444 e. The predicted molar refractivity (Wildman–Crippen MR) is 120 cm³/mol. The lowest BCUT2D eigenvalue weighted by Crippen LogP contribution is -2.42. The van der Waals surface area contributed by atoms with Gasteiger partial charge in [-0.15, -0.1) is 24.0 Å². The van der Waals surface area contributed by atoms with Gasteiger partial charge in [-0.05, 0) is 20.8 Å². The Morgan fingerprint density at radius 1 is 1.14 bits per heavy atom. The Kier molecular flexibility index (Phi) is 9.77. The van der Waals surface area contributed by atoms with Gasteiger partial charge in [0.05, 0.1) is 6.54 Å². The van der Waals surface area contributed by atoms with Gasteiger partial charge >= 0.3 is 6.09 Å². The summed E-state index contributed by atoms with van der Waals surface area (Å²) in [6.45, 7) is 6.86. The summed E-state index contributed by atoms with van der Waals surface area (Å²) in [5.74, 6) is 1.32. The molecular weight excluding hydrogens is 473 g/mol. The Bertz CT molecular complexity index is 756. The molecule has 0 saturated heterocycles. The number of carbonyl (C=O) groups is 1. The number of guanidine groups is 1. The van der Waals surface area contributed by atoms with Crippen LogP contribution in [-0.2, 0) is 11.3 Å². The predicted octanol–water partition coefficient (Wildman–Crippen LogP) is 3.15. The van der Waals surface area contributed by atoms with Crippen molar-refractivity contribution < 1.29 is 14.1 Å². The molecule has 9 heteroatoms. The number of benzene rings is 1. The molecule has 0 aliphatic rings. The van der Waals surface area contributed by atoms with Crippen molar-refractivity contribution in [2.45, 2.75) is 32.9 Å². The van der Waals surface area contributed by atoms with Crippen LogP contribution in [-0.4, -0.2) is 42.9 Å². The quantitative estimate of drug-likeness (QED) is 0.244. The summed E-state index contributed by atoms with van der Waals surface area (Å²) in [4.78, 5) is 15.7. The van der Waals surface area contributed by atoms with E-state index < -0.39 is 11.7 Å². The SMILES string of the molecule is CN=C(NCCNC(=O)OC(C)(C)C)NCc1cc(-c2ccccc2)on1.I. The number of halogens is 1. The number of ether oxygens (including phenoxy) is 1. The van der Waals surface area contributed by atoms with E-state index in [1.54, 1.807) is 7.05 Å². The molecular formula is C19H28IN5O3. The van der Waals surface area contributed by atoms with Crippen LogP contribution in [0.4, 0.5) is 4.79 Å². The first-order valence-electron chi connectivity index (χ1n) is 8.80. The van der Waals surface area contributed by atoms with E-state index in [4.69, 9.17) is 9.26 Å². The third kappa shape index (κ3) is 8.59. The molecule has 0 aliphatic heterocycles. The van der Waals surface area contributed by atoms with Crippen LogP contribution in [0.15, 0.2) is 45.9 Å². The van der Waals surface area contributed by atoms with Crippen LogP contribution in [0.25, 0.3) is 11.3 Å². The highest BCUT2D eigenvalue weighted by atomic mass is 127. The van der Waals surface area contributed by atoms with Gasteiger partial charge in [0.15, 0.2) is 11.7 Å². The zero-order valence-corrected chi connectivity index (χ0v) is 18.9. The van der Waals surface area contributed by atoms with Crippen molar-refractivity contribution in [1.29, 1.82) is 0 Å². The van der Waals surface area contributed by atoms with Crippen molar-refractivity contribution in [3.63, 3.8) is 0 Å². The first kappa shape index (κ1) is 23.7. The molecule has 1 aromatic heterocycles. The largest absolute Gasteiger partial charge is 0.444 e. The number of nitrogens with zero attached hydrogens (tertiary/aromatic N) is 2. The second-order valence-corrected chi connectivity index (χ2v) is 6.83. The maximum Gasteiger partial charge on any atom is 0.407 e. The van der Waals surface area contributed by atoms with Gasteiger partial charge in [0.2, 0.25) is 0 Å². The number of amides is 1. The number of hydrogen-bond donors (Lipinski definition) is 3. The average Bonchev–Trinajstić information content (AvgIpc) is 3.09. The molecule has 0 unspecified atom stereocenters. The number of aromatic nitrogens is 1. The number of carbonyl (C=O) groups excluding carboxylic acids is 1. The number of hydrogen-bond acceptors (Lipinski definition) is 5. The molecule has 0 radical (unpaired) electrons. The molecule has 154 valence electrons. The number of alkyl carbamates (subject to hydrolysis) is 1. The summed E-state index contributed by atoms with van der Waals surface area (Å²) in [6.07, 6.45) is -0.441. The summed E-state index contributed by atoms with van der Waals surface area (Å²) in [7, 11) is 1.68. The molecule has 0 aliphatic carbocycles. The summed E-state index contributed by atoms with van der Waals surface area (Å²) in [6, 6.07) is 11.7. The van der Waals surface area contributed by atoms with E-state index in [0.29, 0.717) is 25.6 Å². The van der Waals surface area contributed by atoms with Crippen molar-refractivity contribution >= 4 is 36.0 Å². The van der Waals surface area contributed by atoms with Crippen molar-refractivity contribution in [2.75, 3.05) is 20.1 Å². The summed E-state index contributed by atoms with van der Waals surface area (Å²) >= 11 is 0. The Hall–Kier alpha value is -2.30. The van der Waals surface area contributed by atoms with E-state index in [1.807, 2.05) is 57.2 Å². The van der Waals surface area contributed by atoms with Crippen LogP contribution in [0, 0.1) is 0 Å². The second-order valence-electron chi connectivity index (χ2n) is 6.83. The Morgan fingerprint density at radius 2 is 1.82 bits per heavy atom. The first-order chi connectivity index (χ1) is 12.9. The molecule has 0 fully saturated rings. The molecule has 0 atom stereocenters. The molecule has 8 nitrogen and oxygen atoms in total. The molecule has 3 N–H and O–H groups in total. The standard InChI is InChI=1S/C19H27N5O3.HI/c1-19(2,3)26-18(25)22-11-10-21-17(20-4)23-13-15-12-16(27-24-15)14-8-6-5-7-9-14;/h5-9,12H,10-11,13H2,1-4H3,(H,22,25)(H2,20,21,23);1H. The van der Waals surface area contributed by atoms with E-state index in [1.165, 1.54) is 0 Å². The van der Waals surface area contributed by atoms with Crippen LogP contribution in [0.1, 0.15) is 26.5 Å². The van der Waals surface area contributed by atoms with E-state index in [9.17, 15) is 4.79 Å². The summed E-state index contributed by atoms with van der Waals surface area (Å²) in [5.41, 5.74) is 1.24. The van der Waals surface area contributed by atoms with Crippen LogP contribution in [0.2, 0.25) is 0 Å². The van der Waals surface area contributed by atoms with Crippen molar-refractivity contribution in [3.8, 4) is 11.3 Å². The van der Waals surface area contributed by atoms with Gasteiger partial charge in [-0.1, -0.05) is 35.5 Å².